The molecule has 18 heavy (non-hydrogen) atoms. The Morgan fingerprint density at radius 2 is 2.50 bits per heavy atom. The van der Waals surface area contributed by atoms with Crippen molar-refractivity contribution in [3.05, 3.63) is 17.5 Å². The second-order valence-corrected chi connectivity index (χ2v) is 5.08. The van der Waals surface area contributed by atoms with Gasteiger partial charge in [-0.1, -0.05) is 0 Å². The third-order valence-electron chi connectivity index (χ3n) is 3.89. The summed E-state index contributed by atoms with van der Waals surface area (Å²) in [6, 6.07) is 0. The van der Waals surface area contributed by atoms with Crippen molar-refractivity contribution >= 4 is 5.97 Å². The molecule has 2 aliphatic heterocycles. The highest BCUT2D eigenvalue weighted by molar-refractivity contribution is 5.86. The molecule has 2 aliphatic rings. The van der Waals surface area contributed by atoms with Gasteiger partial charge in [-0.05, 0) is 19.3 Å². The largest absolute Gasteiger partial charge is 0.477 e. The molecular weight excluding hydrogens is 234 g/mol. The Labute approximate surface area is 105 Å². The highest BCUT2D eigenvalue weighted by atomic mass is 16.5. The van der Waals surface area contributed by atoms with E-state index in [1.807, 2.05) is 0 Å². The predicted octanol–water partition coefficient (Wildman–Crippen LogP) is 0.765. The lowest BCUT2D eigenvalue weighted by Gasteiger charge is -2.18. The first-order valence-corrected chi connectivity index (χ1v) is 6.35. The fraction of sp³-hybridized carbons (Fsp3) is 0.667. The Hall–Kier alpha value is -1.40. The number of ether oxygens (including phenoxy) is 1. The number of H-pyrrole nitrogens is 1. The average Bonchev–Trinajstić information content (AvgIpc) is 3.03. The number of aromatic nitrogens is 2. The fourth-order valence-electron chi connectivity index (χ4n) is 2.98. The van der Waals surface area contributed by atoms with E-state index < -0.39 is 5.97 Å². The van der Waals surface area contributed by atoms with Gasteiger partial charge in [-0.25, -0.2) is 4.79 Å². The summed E-state index contributed by atoms with van der Waals surface area (Å²) < 4.78 is 5.78. The minimum atomic E-state index is -0.965. The van der Waals surface area contributed by atoms with Crippen LogP contribution in [0.15, 0.2) is 6.20 Å². The van der Waals surface area contributed by atoms with E-state index in [9.17, 15) is 4.79 Å². The number of carboxylic acids is 1. The summed E-state index contributed by atoms with van der Waals surface area (Å²) in [5, 5.41) is 18.5. The molecule has 6 nitrogen and oxygen atoms in total. The van der Waals surface area contributed by atoms with E-state index in [4.69, 9.17) is 9.84 Å². The molecule has 3 atom stereocenters. The Bertz CT molecular complexity index is 446. The zero-order valence-electron chi connectivity index (χ0n) is 10.1. The monoisotopic (exact) mass is 251 g/mol. The van der Waals surface area contributed by atoms with Crippen molar-refractivity contribution in [2.75, 3.05) is 6.54 Å². The number of hydrogen-bond acceptors (Lipinski definition) is 4. The summed E-state index contributed by atoms with van der Waals surface area (Å²) >= 11 is 0. The molecule has 3 heterocycles. The van der Waals surface area contributed by atoms with Crippen LogP contribution in [0.25, 0.3) is 0 Å². The summed E-state index contributed by atoms with van der Waals surface area (Å²) in [7, 11) is 0. The van der Waals surface area contributed by atoms with Crippen molar-refractivity contribution in [1.82, 2.24) is 15.5 Å². The number of nitrogens with one attached hydrogen (secondary N) is 2. The smallest absolute Gasteiger partial charge is 0.354 e. The van der Waals surface area contributed by atoms with Crippen LogP contribution in [0.1, 0.15) is 35.3 Å². The van der Waals surface area contributed by atoms with Gasteiger partial charge in [-0.2, -0.15) is 5.10 Å². The second kappa shape index (κ2) is 4.70. The maximum Gasteiger partial charge on any atom is 0.354 e. The third-order valence-corrected chi connectivity index (χ3v) is 3.89. The molecule has 3 N–H and O–H groups in total. The Kier molecular flexibility index (Phi) is 3.05. The van der Waals surface area contributed by atoms with Crippen LogP contribution >= 0.6 is 0 Å². The highest BCUT2D eigenvalue weighted by Crippen LogP contribution is 2.38. The normalized spacial score (nSPS) is 29.9. The highest BCUT2D eigenvalue weighted by Gasteiger charge is 2.40. The standard InChI is InChI=1S/C12H17N3O3/c16-12(17)11-8(6-14-15-11)5-13-4-7-3-9-1-2-10(7)18-9/h6-7,9-10,13H,1-5H2,(H,14,15)(H,16,17). The van der Waals surface area contributed by atoms with Crippen molar-refractivity contribution < 1.29 is 14.6 Å². The van der Waals surface area contributed by atoms with Crippen LogP contribution in [-0.4, -0.2) is 40.0 Å². The van der Waals surface area contributed by atoms with Crippen molar-refractivity contribution in [2.45, 2.75) is 38.0 Å². The number of aromatic carboxylic acids is 1. The van der Waals surface area contributed by atoms with Gasteiger partial charge in [0.15, 0.2) is 0 Å². The molecule has 0 saturated carbocycles. The molecule has 2 fully saturated rings. The van der Waals surface area contributed by atoms with Gasteiger partial charge in [-0.3, -0.25) is 5.10 Å². The number of carbonyl (C=O) groups is 1. The van der Waals surface area contributed by atoms with Crippen molar-refractivity contribution in [1.29, 1.82) is 0 Å². The van der Waals surface area contributed by atoms with E-state index >= 15 is 0 Å². The topological polar surface area (TPSA) is 87.2 Å². The van der Waals surface area contributed by atoms with E-state index in [-0.39, 0.29) is 5.69 Å². The summed E-state index contributed by atoms with van der Waals surface area (Å²) in [5.41, 5.74) is 0.873. The number of rotatable bonds is 5. The van der Waals surface area contributed by atoms with Crippen LogP contribution in [0.5, 0.6) is 0 Å². The zero-order valence-corrected chi connectivity index (χ0v) is 10.1. The van der Waals surface area contributed by atoms with E-state index in [1.54, 1.807) is 6.20 Å². The Morgan fingerprint density at radius 3 is 3.17 bits per heavy atom. The first-order chi connectivity index (χ1) is 8.74. The molecule has 2 bridgehead atoms. The minimum absolute atomic E-state index is 0.173. The number of nitrogens with zero attached hydrogens (tertiary/aromatic N) is 1. The minimum Gasteiger partial charge on any atom is -0.477 e. The molecule has 98 valence electrons. The summed E-state index contributed by atoms with van der Waals surface area (Å²) in [6.07, 6.45) is 5.94. The Morgan fingerprint density at radius 1 is 1.61 bits per heavy atom. The molecule has 0 spiro atoms. The molecule has 2 saturated heterocycles. The van der Waals surface area contributed by atoms with Gasteiger partial charge >= 0.3 is 5.97 Å². The lowest BCUT2D eigenvalue weighted by atomic mass is 9.89. The maximum atomic E-state index is 10.9. The molecule has 3 rings (SSSR count). The fourth-order valence-corrected chi connectivity index (χ4v) is 2.98. The maximum absolute atomic E-state index is 10.9. The molecule has 0 amide bonds. The van der Waals surface area contributed by atoms with Gasteiger partial charge in [0.2, 0.25) is 0 Å². The number of carboxylic acid groups (broad SMARTS) is 1. The van der Waals surface area contributed by atoms with Gasteiger partial charge in [0.05, 0.1) is 18.4 Å². The summed E-state index contributed by atoms with van der Waals surface area (Å²) in [5.74, 6) is -0.392. The molecule has 0 aliphatic carbocycles. The zero-order chi connectivity index (χ0) is 12.5. The van der Waals surface area contributed by atoms with Crippen LogP contribution < -0.4 is 5.32 Å². The SMILES string of the molecule is O=C(O)c1[nH]ncc1CNCC1CC2CCC1O2. The van der Waals surface area contributed by atoms with E-state index in [1.165, 1.54) is 12.8 Å². The molecular formula is C12H17N3O3. The third kappa shape index (κ3) is 2.13. The molecule has 3 unspecified atom stereocenters. The number of hydrogen-bond donors (Lipinski definition) is 3. The van der Waals surface area contributed by atoms with Crippen molar-refractivity contribution in [2.24, 2.45) is 5.92 Å². The number of fused-ring (bicyclic) bond motifs is 2. The lowest BCUT2D eigenvalue weighted by molar-refractivity contribution is 0.0688. The van der Waals surface area contributed by atoms with Gasteiger partial charge in [0, 0.05) is 24.6 Å². The van der Waals surface area contributed by atoms with Crippen molar-refractivity contribution in [3.8, 4) is 0 Å². The average molecular weight is 251 g/mol. The Balaban J connectivity index is 1.50. The van der Waals surface area contributed by atoms with Gasteiger partial charge < -0.3 is 15.2 Å². The first-order valence-electron chi connectivity index (χ1n) is 6.35. The summed E-state index contributed by atoms with van der Waals surface area (Å²) in [6.45, 7) is 1.41. The quantitative estimate of drug-likeness (QED) is 0.719. The molecule has 0 aromatic carbocycles. The molecule has 1 aromatic heterocycles. The molecule has 6 heteroatoms. The first kappa shape index (κ1) is 11.7. The van der Waals surface area contributed by atoms with E-state index in [0.717, 1.165) is 13.0 Å². The number of aromatic amines is 1. The van der Waals surface area contributed by atoms with Crippen molar-refractivity contribution in [3.63, 3.8) is 0 Å². The van der Waals surface area contributed by atoms with Crippen LogP contribution in [0, 0.1) is 5.92 Å². The van der Waals surface area contributed by atoms with Crippen LogP contribution in [0.2, 0.25) is 0 Å². The van der Waals surface area contributed by atoms with E-state index in [2.05, 4.69) is 15.5 Å². The van der Waals surface area contributed by atoms with Crippen LogP contribution in [-0.2, 0) is 11.3 Å². The second-order valence-electron chi connectivity index (χ2n) is 5.08. The van der Waals surface area contributed by atoms with Crippen LogP contribution in [0.4, 0.5) is 0 Å². The summed E-state index contributed by atoms with van der Waals surface area (Å²) in [4.78, 5) is 10.9. The predicted molar refractivity (Wildman–Crippen MR) is 63.3 cm³/mol. The molecule has 0 radical (unpaired) electrons. The van der Waals surface area contributed by atoms with Crippen LogP contribution in [0.3, 0.4) is 0 Å². The van der Waals surface area contributed by atoms with Gasteiger partial charge in [0.1, 0.15) is 5.69 Å². The van der Waals surface area contributed by atoms with Gasteiger partial charge in [-0.15, -0.1) is 0 Å². The van der Waals surface area contributed by atoms with E-state index in [0.29, 0.717) is 30.2 Å². The van der Waals surface area contributed by atoms with Gasteiger partial charge in [0.25, 0.3) is 0 Å². The lowest BCUT2D eigenvalue weighted by Crippen LogP contribution is -2.29. The molecule has 1 aromatic rings.